The molecule has 0 saturated heterocycles. The molecule has 1 fully saturated rings. The average molecular weight is 377 g/mol. The molecule has 1 aliphatic carbocycles. The summed E-state index contributed by atoms with van der Waals surface area (Å²) in [4.78, 5) is 20.9. The largest absolute Gasteiger partial charge is 0.326 e. The topological polar surface area (TPSA) is 54.9 Å². The van der Waals surface area contributed by atoms with Gasteiger partial charge in [0.05, 0.1) is 5.52 Å². The predicted octanol–water partition coefficient (Wildman–Crippen LogP) is 5.32. The molecule has 144 valence electrons. The molecule has 0 radical (unpaired) electrons. The van der Waals surface area contributed by atoms with Gasteiger partial charge in [0.25, 0.3) is 0 Å². The molecule has 28 heavy (non-hydrogen) atoms. The molecule has 3 aromatic rings. The molecule has 1 aromatic carbocycles. The molecule has 2 heterocycles. The van der Waals surface area contributed by atoms with Gasteiger partial charge in [0.15, 0.2) is 0 Å². The van der Waals surface area contributed by atoms with Gasteiger partial charge in [0.2, 0.25) is 5.91 Å². The minimum atomic E-state index is -0.225. The van der Waals surface area contributed by atoms with Crippen LogP contribution in [0.1, 0.15) is 44.1 Å². The summed E-state index contributed by atoms with van der Waals surface area (Å²) < 4.78 is 13.7. The van der Waals surface area contributed by atoms with Gasteiger partial charge in [-0.1, -0.05) is 6.92 Å². The summed E-state index contributed by atoms with van der Waals surface area (Å²) in [5, 5.41) is 3.89. The summed E-state index contributed by atoms with van der Waals surface area (Å²) in [6.07, 6.45) is 9.16. The zero-order chi connectivity index (χ0) is 19.5. The first-order valence-corrected chi connectivity index (χ1v) is 9.87. The Labute approximate surface area is 164 Å². The number of hydrogen-bond acceptors (Lipinski definition) is 3. The highest BCUT2D eigenvalue weighted by Crippen LogP contribution is 2.40. The van der Waals surface area contributed by atoms with Gasteiger partial charge in [-0.25, -0.2) is 4.39 Å². The predicted molar refractivity (Wildman–Crippen MR) is 108 cm³/mol. The van der Waals surface area contributed by atoms with Gasteiger partial charge in [0, 0.05) is 35.6 Å². The maximum absolute atomic E-state index is 13.7. The van der Waals surface area contributed by atoms with Gasteiger partial charge >= 0.3 is 0 Å². The van der Waals surface area contributed by atoms with Crippen LogP contribution in [-0.4, -0.2) is 15.9 Å². The van der Waals surface area contributed by atoms with E-state index in [9.17, 15) is 9.18 Å². The third kappa shape index (κ3) is 3.88. The molecule has 2 aromatic heterocycles. The highest BCUT2D eigenvalue weighted by molar-refractivity contribution is 5.92. The molecule has 1 N–H and O–H groups in total. The Bertz CT molecular complexity index is 968. The van der Waals surface area contributed by atoms with Crippen LogP contribution in [-0.2, 0) is 4.79 Å². The van der Waals surface area contributed by atoms with E-state index in [1.807, 2.05) is 19.2 Å². The van der Waals surface area contributed by atoms with E-state index in [4.69, 9.17) is 0 Å². The number of amides is 1. The van der Waals surface area contributed by atoms with Crippen LogP contribution in [0.2, 0.25) is 0 Å². The maximum Gasteiger partial charge on any atom is 0.227 e. The number of nitrogens with one attached hydrogen (secondary N) is 1. The van der Waals surface area contributed by atoms with Crippen molar-refractivity contribution in [3.05, 3.63) is 66.4 Å². The number of hydrogen-bond donors (Lipinski definition) is 1. The fourth-order valence-corrected chi connectivity index (χ4v) is 4.33. The number of carbonyl (C=O) groups is 1. The number of fused-ring (bicyclic) bond motifs is 1. The molecule has 1 aliphatic rings. The summed E-state index contributed by atoms with van der Waals surface area (Å²) in [7, 11) is 0. The minimum Gasteiger partial charge on any atom is -0.326 e. The molecule has 0 aliphatic heterocycles. The first-order chi connectivity index (χ1) is 13.6. The molecule has 0 bridgehead atoms. The van der Waals surface area contributed by atoms with Crippen LogP contribution < -0.4 is 5.32 Å². The van der Waals surface area contributed by atoms with E-state index < -0.39 is 0 Å². The van der Waals surface area contributed by atoms with Gasteiger partial charge in [-0.05, 0) is 79.5 Å². The zero-order valence-electron chi connectivity index (χ0n) is 15.9. The van der Waals surface area contributed by atoms with Crippen LogP contribution in [0.3, 0.4) is 0 Å². The lowest BCUT2D eigenvalue weighted by Gasteiger charge is -2.32. The fourth-order valence-electron chi connectivity index (χ4n) is 4.33. The number of halogens is 1. The molecule has 4 rings (SSSR count). The highest BCUT2D eigenvalue weighted by Gasteiger charge is 2.30. The van der Waals surface area contributed by atoms with Crippen molar-refractivity contribution in [1.82, 2.24) is 9.97 Å². The summed E-state index contributed by atoms with van der Waals surface area (Å²) in [5.74, 6) is 0.547. The normalized spacial score (nSPS) is 20.6. The van der Waals surface area contributed by atoms with Crippen LogP contribution in [0.15, 0.2) is 55.0 Å². The van der Waals surface area contributed by atoms with Gasteiger partial charge in [-0.2, -0.15) is 0 Å². The average Bonchev–Trinajstić information content (AvgIpc) is 2.73. The Morgan fingerprint density at radius 3 is 2.57 bits per heavy atom. The monoisotopic (exact) mass is 377 g/mol. The molecule has 1 amide bonds. The second-order valence-electron chi connectivity index (χ2n) is 7.69. The highest BCUT2D eigenvalue weighted by atomic mass is 19.1. The van der Waals surface area contributed by atoms with Crippen molar-refractivity contribution in [2.45, 2.75) is 38.5 Å². The van der Waals surface area contributed by atoms with E-state index >= 15 is 0 Å². The first-order valence-electron chi connectivity index (χ1n) is 9.87. The van der Waals surface area contributed by atoms with Crippen molar-refractivity contribution >= 4 is 22.5 Å². The third-order valence-electron chi connectivity index (χ3n) is 6.02. The van der Waals surface area contributed by atoms with E-state index in [1.165, 1.54) is 11.6 Å². The molecule has 0 unspecified atom stereocenters. The van der Waals surface area contributed by atoms with Gasteiger partial charge in [-0.3, -0.25) is 14.8 Å². The van der Waals surface area contributed by atoms with Crippen molar-refractivity contribution < 1.29 is 9.18 Å². The van der Waals surface area contributed by atoms with E-state index in [0.717, 1.165) is 42.3 Å². The number of aromatic nitrogens is 2. The van der Waals surface area contributed by atoms with Crippen LogP contribution >= 0.6 is 0 Å². The number of pyridine rings is 2. The first kappa shape index (κ1) is 18.5. The van der Waals surface area contributed by atoms with Crippen molar-refractivity contribution in [2.24, 2.45) is 11.8 Å². The van der Waals surface area contributed by atoms with Crippen LogP contribution in [0.4, 0.5) is 10.1 Å². The smallest absolute Gasteiger partial charge is 0.227 e. The van der Waals surface area contributed by atoms with E-state index in [1.54, 1.807) is 36.7 Å². The lowest BCUT2D eigenvalue weighted by Crippen LogP contribution is -2.29. The second kappa shape index (κ2) is 8.05. The summed E-state index contributed by atoms with van der Waals surface area (Å²) >= 11 is 0. The van der Waals surface area contributed by atoms with Gasteiger partial charge in [0.1, 0.15) is 5.82 Å². The quantitative estimate of drug-likeness (QED) is 0.670. The molecule has 1 atom stereocenters. The summed E-state index contributed by atoms with van der Waals surface area (Å²) in [5.41, 5.74) is 2.80. The maximum atomic E-state index is 13.7. The summed E-state index contributed by atoms with van der Waals surface area (Å²) in [6, 6.07) is 10.4. The number of benzene rings is 1. The van der Waals surface area contributed by atoms with Crippen LogP contribution in [0, 0.1) is 17.7 Å². The molecular formula is C23H24FN3O. The van der Waals surface area contributed by atoms with Gasteiger partial charge < -0.3 is 5.32 Å². The van der Waals surface area contributed by atoms with E-state index in [-0.39, 0.29) is 17.6 Å². The van der Waals surface area contributed by atoms with E-state index in [0.29, 0.717) is 11.8 Å². The Morgan fingerprint density at radius 2 is 1.82 bits per heavy atom. The van der Waals surface area contributed by atoms with Crippen LogP contribution in [0.25, 0.3) is 10.9 Å². The standard InChI is InChI=1S/C23H24FN3O/c1-15(23(28)27-19-8-11-25-12-9-19)16-2-4-17(5-3-16)20-10-13-26-22-7-6-18(24)14-21(20)22/h6-17H,2-5H2,1H3,(H,25,27,28)/t15-,16-,17+/m1/s1. The molecule has 0 spiro atoms. The zero-order valence-corrected chi connectivity index (χ0v) is 15.9. The van der Waals surface area contributed by atoms with Crippen molar-refractivity contribution in [3.63, 3.8) is 0 Å². The number of anilines is 1. The number of carbonyl (C=O) groups excluding carboxylic acids is 1. The van der Waals surface area contributed by atoms with Crippen molar-refractivity contribution in [3.8, 4) is 0 Å². The second-order valence-corrected chi connectivity index (χ2v) is 7.69. The lowest BCUT2D eigenvalue weighted by atomic mass is 9.73. The fraction of sp³-hybridized carbons (Fsp3) is 0.348. The summed E-state index contributed by atoms with van der Waals surface area (Å²) in [6.45, 7) is 2.01. The number of nitrogens with zero attached hydrogens (tertiary/aromatic N) is 2. The Kier molecular flexibility index (Phi) is 5.33. The third-order valence-corrected chi connectivity index (χ3v) is 6.02. The Hall–Kier alpha value is -2.82. The minimum absolute atomic E-state index is 0.0410. The molecule has 5 heteroatoms. The van der Waals surface area contributed by atoms with Crippen molar-refractivity contribution in [2.75, 3.05) is 5.32 Å². The lowest BCUT2D eigenvalue weighted by molar-refractivity contribution is -0.121. The Morgan fingerprint density at radius 1 is 1.07 bits per heavy atom. The van der Waals surface area contributed by atoms with Crippen LogP contribution in [0.5, 0.6) is 0 Å². The van der Waals surface area contributed by atoms with E-state index in [2.05, 4.69) is 15.3 Å². The number of rotatable bonds is 4. The van der Waals surface area contributed by atoms with Crippen molar-refractivity contribution in [1.29, 1.82) is 0 Å². The molecular weight excluding hydrogens is 353 g/mol. The molecule has 1 saturated carbocycles. The Balaban J connectivity index is 1.42. The SMILES string of the molecule is C[C@@H](C(=O)Nc1ccncc1)[C@H]1CC[C@@H](c2ccnc3ccc(F)cc32)CC1. The molecule has 4 nitrogen and oxygen atoms in total. The van der Waals surface area contributed by atoms with Gasteiger partial charge in [-0.15, -0.1) is 0 Å².